The maximum absolute atomic E-state index is 10.0. The fourth-order valence-electron chi connectivity index (χ4n) is 1.77. The third-order valence-corrected chi connectivity index (χ3v) is 3.60. The summed E-state index contributed by atoms with van der Waals surface area (Å²) in [6.45, 7) is 3.51. The van der Waals surface area contributed by atoms with Gasteiger partial charge in [-0.1, -0.05) is 6.07 Å². The summed E-state index contributed by atoms with van der Waals surface area (Å²) in [4.78, 5) is 8.37. The molecule has 1 aromatic heterocycles. The standard InChI is InChI=1S/C15H15BrN2O2/c1-9-3-4-14(13(16)5-9)18-7-12-11(8-19)6-17-10(2)15(12)20/h3-7,19-20H,8H2,1-2H3. The average molecular weight is 335 g/mol. The normalized spacial score (nSPS) is 11.2. The highest BCUT2D eigenvalue weighted by molar-refractivity contribution is 9.10. The minimum Gasteiger partial charge on any atom is -0.505 e. The van der Waals surface area contributed by atoms with E-state index in [0.717, 1.165) is 15.7 Å². The molecule has 0 atom stereocenters. The number of halogens is 1. The van der Waals surface area contributed by atoms with E-state index in [2.05, 4.69) is 25.9 Å². The highest BCUT2D eigenvalue weighted by Crippen LogP contribution is 2.27. The minimum absolute atomic E-state index is 0.0449. The zero-order valence-electron chi connectivity index (χ0n) is 11.3. The van der Waals surface area contributed by atoms with Crippen molar-refractivity contribution in [3.63, 3.8) is 0 Å². The summed E-state index contributed by atoms with van der Waals surface area (Å²) >= 11 is 3.45. The fraction of sp³-hybridized carbons (Fsp3) is 0.200. The van der Waals surface area contributed by atoms with Crippen molar-refractivity contribution in [3.8, 4) is 5.75 Å². The van der Waals surface area contributed by atoms with Crippen LogP contribution in [0.25, 0.3) is 0 Å². The first-order valence-electron chi connectivity index (χ1n) is 6.11. The van der Waals surface area contributed by atoms with Gasteiger partial charge in [-0.15, -0.1) is 0 Å². The van der Waals surface area contributed by atoms with Crippen molar-refractivity contribution in [2.45, 2.75) is 20.5 Å². The number of nitrogens with zero attached hydrogens (tertiary/aromatic N) is 2. The largest absolute Gasteiger partial charge is 0.505 e. The summed E-state index contributed by atoms with van der Waals surface area (Å²) in [5.74, 6) is 0.0449. The molecular formula is C15H15BrN2O2. The highest BCUT2D eigenvalue weighted by atomic mass is 79.9. The number of aryl methyl sites for hydroxylation is 2. The number of pyridine rings is 1. The molecule has 1 heterocycles. The van der Waals surface area contributed by atoms with E-state index in [1.165, 1.54) is 0 Å². The molecule has 0 fully saturated rings. The number of rotatable bonds is 3. The maximum atomic E-state index is 10.0. The number of benzene rings is 1. The van der Waals surface area contributed by atoms with Crippen molar-refractivity contribution in [1.29, 1.82) is 0 Å². The lowest BCUT2D eigenvalue weighted by molar-refractivity contribution is 0.280. The molecule has 0 aliphatic carbocycles. The summed E-state index contributed by atoms with van der Waals surface area (Å²) in [7, 11) is 0. The van der Waals surface area contributed by atoms with Crippen molar-refractivity contribution in [2.24, 2.45) is 4.99 Å². The molecule has 0 aliphatic rings. The predicted octanol–water partition coefficient (Wildman–Crippen LogP) is 3.41. The van der Waals surface area contributed by atoms with Crippen molar-refractivity contribution >= 4 is 27.8 Å². The van der Waals surface area contributed by atoms with Gasteiger partial charge in [-0.3, -0.25) is 9.98 Å². The van der Waals surface area contributed by atoms with Crippen molar-refractivity contribution in [2.75, 3.05) is 0 Å². The van der Waals surface area contributed by atoms with Crippen LogP contribution in [0.1, 0.15) is 22.4 Å². The fourth-order valence-corrected chi connectivity index (χ4v) is 2.37. The number of aromatic nitrogens is 1. The number of aliphatic hydroxyl groups excluding tert-OH is 1. The second-order valence-electron chi connectivity index (χ2n) is 4.50. The van der Waals surface area contributed by atoms with Crippen LogP contribution < -0.4 is 0 Å². The first kappa shape index (κ1) is 14.7. The monoisotopic (exact) mass is 334 g/mol. The number of hydrogen-bond donors (Lipinski definition) is 2. The Morgan fingerprint density at radius 1 is 1.35 bits per heavy atom. The average Bonchev–Trinajstić information content (AvgIpc) is 2.42. The summed E-state index contributed by atoms with van der Waals surface area (Å²) < 4.78 is 0.879. The van der Waals surface area contributed by atoms with E-state index >= 15 is 0 Å². The van der Waals surface area contributed by atoms with Crippen molar-refractivity contribution in [3.05, 3.63) is 51.3 Å². The quantitative estimate of drug-likeness (QED) is 0.845. The molecule has 1 aromatic carbocycles. The molecule has 0 saturated carbocycles. The van der Waals surface area contributed by atoms with E-state index in [1.807, 2.05) is 25.1 Å². The number of aliphatic imine (C=N–C) groups is 1. The van der Waals surface area contributed by atoms with Gasteiger partial charge < -0.3 is 10.2 Å². The third kappa shape index (κ3) is 3.05. The van der Waals surface area contributed by atoms with Crippen LogP contribution in [0.5, 0.6) is 5.75 Å². The molecule has 2 N–H and O–H groups in total. The number of aromatic hydroxyl groups is 1. The Bertz CT molecular complexity index is 669. The summed E-state index contributed by atoms with van der Waals surface area (Å²) in [5, 5.41) is 19.3. The Morgan fingerprint density at radius 3 is 2.75 bits per heavy atom. The van der Waals surface area contributed by atoms with Crippen LogP contribution in [0.15, 0.2) is 33.9 Å². The molecule has 0 spiro atoms. The SMILES string of the molecule is Cc1ccc(N=Cc2c(CO)cnc(C)c2O)c(Br)c1. The summed E-state index contributed by atoms with van der Waals surface area (Å²) in [6, 6.07) is 5.82. The van der Waals surface area contributed by atoms with Crippen LogP contribution in [0.3, 0.4) is 0 Å². The number of hydrogen-bond acceptors (Lipinski definition) is 4. The Labute approximate surface area is 126 Å². The van der Waals surface area contributed by atoms with Gasteiger partial charge in [0.2, 0.25) is 0 Å². The second kappa shape index (κ2) is 6.15. The van der Waals surface area contributed by atoms with Crippen LogP contribution in [0.4, 0.5) is 5.69 Å². The van der Waals surface area contributed by atoms with Gasteiger partial charge in [0.15, 0.2) is 0 Å². The van der Waals surface area contributed by atoms with Crippen LogP contribution in [-0.2, 0) is 6.61 Å². The zero-order chi connectivity index (χ0) is 14.7. The van der Waals surface area contributed by atoms with Gasteiger partial charge in [0.1, 0.15) is 5.75 Å². The van der Waals surface area contributed by atoms with Gasteiger partial charge in [0.25, 0.3) is 0 Å². The summed E-state index contributed by atoms with van der Waals surface area (Å²) in [6.07, 6.45) is 3.09. The molecule has 2 aromatic rings. The molecule has 0 bridgehead atoms. The molecule has 0 aliphatic heterocycles. The lowest BCUT2D eigenvalue weighted by atomic mass is 10.1. The molecule has 0 radical (unpaired) electrons. The molecular weight excluding hydrogens is 320 g/mol. The molecule has 20 heavy (non-hydrogen) atoms. The minimum atomic E-state index is -0.197. The van der Waals surface area contributed by atoms with E-state index in [9.17, 15) is 10.2 Å². The predicted molar refractivity (Wildman–Crippen MR) is 82.7 cm³/mol. The van der Waals surface area contributed by atoms with Gasteiger partial charge >= 0.3 is 0 Å². The Hall–Kier alpha value is -1.72. The van der Waals surface area contributed by atoms with E-state index in [-0.39, 0.29) is 12.4 Å². The van der Waals surface area contributed by atoms with Gasteiger partial charge in [0, 0.05) is 28.0 Å². The molecule has 5 heteroatoms. The molecule has 0 unspecified atom stereocenters. The van der Waals surface area contributed by atoms with Crippen LogP contribution in [-0.4, -0.2) is 21.4 Å². The lowest BCUT2D eigenvalue weighted by Crippen LogP contribution is -1.97. The van der Waals surface area contributed by atoms with E-state index in [0.29, 0.717) is 16.8 Å². The van der Waals surface area contributed by atoms with Crippen molar-refractivity contribution in [1.82, 2.24) is 4.98 Å². The molecule has 4 nitrogen and oxygen atoms in total. The van der Waals surface area contributed by atoms with E-state index in [1.54, 1.807) is 19.3 Å². The van der Waals surface area contributed by atoms with Crippen LogP contribution >= 0.6 is 15.9 Å². The first-order chi connectivity index (χ1) is 9.52. The van der Waals surface area contributed by atoms with Crippen LogP contribution in [0.2, 0.25) is 0 Å². The lowest BCUT2D eigenvalue weighted by Gasteiger charge is -2.07. The molecule has 0 amide bonds. The third-order valence-electron chi connectivity index (χ3n) is 2.96. The topological polar surface area (TPSA) is 65.7 Å². The molecule has 104 valence electrons. The van der Waals surface area contributed by atoms with Gasteiger partial charge in [-0.05, 0) is 47.5 Å². The van der Waals surface area contributed by atoms with E-state index in [4.69, 9.17) is 0 Å². The summed E-state index contributed by atoms with van der Waals surface area (Å²) in [5.41, 5.74) is 3.43. The molecule has 0 saturated heterocycles. The Balaban J connectivity index is 2.43. The van der Waals surface area contributed by atoms with Crippen LogP contribution in [0, 0.1) is 13.8 Å². The second-order valence-corrected chi connectivity index (χ2v) is 5.36. The van der Waals surface area contributed by atoms with Gasteiger partial charge in [0.05, 0.1) is 18.0 Å². The Morgan fingerprint density at radius 2 is 2.10 bits per heavy atom. The first-order valence-corrected chi connectivity index (χ1v) is 6.90. The van der Waals surface area contributed by atoms with Gasteiger partial charge in [-0.2, -0.15) is 0 Å². The zero-order valence-corrected chi connectivity index (χ0v) is 12.8. The molecule has 2 rings (SSSR count). The highest BCUT2D eigenvalue weighted by Gasteiger charge is 2.09. The number of aliphatic hydroxyl groups is 1. The van der Waals surface area contributed by atoms with Gasteiger partial charge in [-0.25, -0.2) is 0 Å². The Kier molecular flexibility index (Phi) is 4.52. The van der Waals surface area contributed by atoms with Crippen molar-refractivity contribution < 1.29 is 10.2 Å². The smallest absolute Gasteiger partial charge is 0.145 e. The van der Waals surface area contributed by atoms with E-state index < -0.39 is 0 Å². The maximum Gasteiger partial charge on any atom is 0.145 e.